The maximum atomic E-state index is 9.84. The van der Waals surface area contributed by atoms with Crippen molar-refractivity contribution in [2.45, 2.75) is 40.0 Å². The van der Waals surface area contributed by atoms with Crippen molar-refractivity contribution in [2.75, 3.05) is 0 Å². The second kappa shape index (κ2) is 11.1. The molecule has 2 rings (SSSR count). The van der Waals surface area contributed by atoms with Crippen molar-refractivity contribution < 1.29 is 9.52 Å². The number of fused-ring (bicyclic) bond motifs is 1. The molecule has 0 aliphatic heterocycles. The number of nitrogens with zero attached hydrogens (tertiary/aromatic N) is 1. The molecule has 0 spiro atoms. The molecule has 3 nitrogen and oxygen atoms in total. The van der Waals surface area contributed by atoms with Gasteiger partial charge in [0.05, 0.1) is 0 Å². The molecule has 0 saturated heterocycles. The Bertz CT molecular complexity index is 721. The summed E-state index contributed by atoms with van der Waals surface area (Å²) in [7, 11) is 0. The number of aliphatic hydroxyl groups is 1. The number of aryl methyl sites for hydroxylation is 1. The van der Waals surface area contributed by atoms with Gasteiger partial charge in [0.1, 0.15) is 11.3 Å². The van der Waals surface area contributed by atoms with Crippen LogP contribution >= 0.6 is 0 Å². The molecule has 128 valence electrons. The van der Waals surface area contributed by atoms with E-state index in [0.29, 0.717) is 17.0 Å². The number of oxazole rings is 1. The normalized spacial score (nSPS) is 11.9. The number of hydrogen-bond donors (Lipinski definition) is 1. The zero-order chi connectivity index (χ0) is 17.8. The van der Waals surface area contributed by atoms with Crippen LogP contribution in [0.5, 0.6) is 0 Å². The Hall–Kier alpha value is -2.55. The molecule has 2 aromatic rings. The number of benzene rings is 1. The van der Waals surface area contributed by atoms with Gasteiger partial charge in [-0.3, -0.25) is 0 Å². The minimum Gasteiger partial charge on any atom is -0.507 e. The molecule has 0 aliphatic rings. The van der Waals surface area contributed by atoms with Gasteiger partial charge >= 0.3 is 0 Å². The molecule has 1 heterocycles. The highest BCUT2D eigenvalue weighted by molar-refractivity contribution is 5.77. The van der Waals surface area contributed by atoms with E-state index in [9.17, 15) is 5.11 Å². The Morgan fingerprint density at radius 1 is 1.25 bits per heavy atom. The summed E-state index contributed by atoms with van der Waals surface area (Å²) in [5.74, 6) is 0.879. The Kier molecular flexibility index (Phi) is 8.98. The van der Waals surface area contributed by atoms with E-state index in [2.05, 4.69) is 30.6 Å². The van der Waals surface area contributed by atoms with Crippen molar-refractivity contribution in [3.05, 3.63) is 72.7 Å². The topological polar surface area (TPSA) is 46.3 Å². The first-order valence-corrected chi connectivity index (χ1v) is 8.47. The van der Waals surface area contributed by atoms with Crippen LogP contribution < -0.4 is 0 Å². The van der Waals surface area contributed by atoms with Crippen molar-refractivity contribution in [1.29, 1.82) is 0 Å². The van der Waals surface area contributed by atoms with Crippen LogP contribution in [0.2, 0.25) is 0 Å². The summed E-state index contributed by atoms with van der Waals surface area (Å²) in [4.78, 5) is 4.45. The summed E-state index contributed by atoms with van der Waals surface area (Å²) < 4.78 is 5.74. The van der Waals surface area contributed by atoms with Crippen LogP contribution in [0.3, 0.4) is 0 Å². The second-order valence-corrected chi connectivity index (χ2v) is 4.88. The first-order valence-electron chi connectivity index (χ1n) is 8.47. The molecule has 0 aliphatic carbocycles. The third kappa shape index (κ3) is 5.92. The predicted octanol–water partition coefficient (Wildman–Crippen LogP) is 6.39. The summed E-state index contributed by atoms with van der Waals surface area (Å²) in [6, 6.07) is 5.46. The molecule has 3 heteroatoms. The number of rotatable bonds is 7. The van der Waals surface area contributed by atoms with Gasteiger partial charge < -0.3 is 9.52 Å². The van der Waals surface area contributed by atoms with E-state index in [1.165, 1.54) is 0 Å². The summed E-state index contributed by atoms with van der Waals surface area (Å²) in [5, 5.41) is 9.84. The van der Waals surface area contributed by atoms with Crippen molar-refractivity contribution in [1.82, 2.24) is 4.98 Å². The van der Waals surface area contributed by atoms with Crippen molar-refractivity contribution in [2.24, 2.45) is 0 Å². The lowest BCUT2D eigenvalue weighted by molar-refractivity contribution is 0.510. The molecule has 0 saturated carbocycles. The van der Waals surface area contributed by atoms with Crippen LogP contribution in [0.4, 0.5) is 0 Å². The lowest BCUT2D eigenvalue weighted by atomic mass is 10.1. The predicted molar refractivity (Wildman–Crippen MR) is 103 cm³/mol. The lowest BCUT2D eigenvalue weighted by Crippen LogP contribution is -1.82. The Labute approximate surface area is 144 Å². The van der Waals surface area contributed by atoms with Crippen molar-refractivity contribution in [3.63, 3.8) is 0 Å². The highest BCUT2D eigenvalue weighted by atomic mass is 16.3. The first kappa shape index (κ1) is 19.5. The third-order valence-corrected chi connectivity index (χ3v) is 3.15. The van der Waals surface area contributed by atoms with Gasteiger partial charge in [0.25, 0.3) is 0 Å². The third-order valence-electron chi connectivity index (χ3n) is 3.15. The maximum absolute atomic E-state index is 9.84. The summed E-state index contributed by atoms with van der Waals surface area (Å²) in [6.45, 7) is 9.68. The van der Waals surface area contributed by atoms with Crippen LogP contribution in [0, 0.1) is 0 Å². The molecule has 1 aromatic heterocycles. The van der Waals surface area contributed by atoms with E-state index in [1.54, 1.807) is 18.2 Å². The van der Waals surface area contributed by atoms with Gasteiger partial charge in [-0.25, -0.2) is 4.98 Å². The van der Waals surface area contributed by atoms with Crippen molar-refractivity contribution >= 4 is 16.9 Å². The SMILES string of the molecule is C=C/C=C(\O)c1ccc2nc(CC/C=C/C=C\CC)oc2c1.CC. The van der Waals surface area contributed by atoms with Crippen LogP contribution in [0.15, 0.2) is 65.7 Å². The van der Waals surface area contributed by atoms with Crippen molar-refractivity contribution in [3.8, 4) is 0 Å². The van der Waals surface area contributed by atoms with E-state index in [-0.39, 0.29) is 5.76 Å². The maximum Gasteiger partial charge on any atom is 0.195 e. The molecule has 0 fully saturated rings. The van der Waals surface area contributed by atoms with Gasteiger partial charge in [-0.2, -0.15) is 0 Å². The molecule has 0 amide bonds. The lowest BCUT2D eigenvalue weighted by Gasteiger charge is -1.97. The minimum absolute atomic E-state index is 0.167. The molecule has 1 aromatic carbocycles. The monoisotopic (exact) mass is 325 g/mol. The second-order valence-electron chi connectivity index (χ2n) is 4.88. The number of allylic oxidation sites excluding steroid dienone is 6. The van der Waals surface area contributed by atoms with Crippen LogP contribution in [-0.2, 0) is 6.42 Å². The molecule has 0 radical (unpaired) electrons. The van der Waals surface area contributed by atoms with Crippen LogP contribution in [0.1, 0.15) is 45.1 Å². The highest BCUT2D eigenvalue weighted by Gasteiger charge is 2.07. The van der Waals surface area contributed by atoms with E-state index in [1.807, 2.05) is 38.1 Å². The molecule has 1 N–H and O–H groups in total. The molecule has 0 bridgehead atoms. The Morgan fingerprint density at radius 3 is 2.71 bits per heavy atom. The number of aliphatic hydroxyl groups excluding tert-OH is 1. The molecule has 0 atom stereocenters. The van der Waals surface area contributed by atoms with E-state index < -0.39 is 0 Å². The average Bonchev–Trinajstić information content (AvgIpc) is 3.02. The molecule has 0 unspecified atom stereocenters. The largest absolute Gasteiger partial charge is 0.507 e. The van der Waals surface area contributed by atoms with E-state index in [0.717, 1.165) is 24.8 Å². The molecular weight excluding hydrogens is 298 g/mol. The summed E-state index contributed by atoms with van der Waals surface area (Å²) in [5.41, 5.74) is 2.19. The van der Waals surface area contributed by atoms with E-state index in [4.69, 9.17) is 4.42 Å². The summed E-state index contributed by atoms with van der Waals surface area (Å²) >= 11 is 0. The highest BCUT2D eigenvalue weighted by Crippen LogP contribution is 2.21. The summed E-state index contributed by atoms with van der Waals surface area (Å²) in [6.07, 6.45) is 14.1. The standard InChI is InChI=1S/C19H21NO2.C2H6/c1-3-5-6-7-8-9-11-19-20-16-13-12-15(14-18(16)22-19)17(21)10-4-2;1-2/h4-8,10,12-14,21H,2-3,9,11H2,1H3;1-2H3/b6-5-,8-7+,17-10-;. The average molecular weight is 325 g/mol. The molecule has 24 heavy (non-hydrogen) atoms. The Balaban J connectivity index is 0.00000139. The Morgan fingerprint density at radius 2 is 2.00 bits per heavy atom. The zero-order valence-corrected chi connectivity index (χ0v) is 14.8. The first-order chi connectivity index (χ1) is 11.7. The van der Waals surface area contributed by atoms with Crippen LogP contribution in [0.25, 0.3) is 16.9 Å². The fraction of sp³-hybridized carbons (Fsp3) is 0.286. The van der Waals surface area contributed by atoms with Crippen LogP contribution in [-0.4, -0.2) is 10.1 Å². The van der Waals surface area contributed by atoms with Gasteiger partial charge in [0.15, 0.2) is 11.5 Å². The van der Waals surface area contributed by atoms with Gasteiger partial charge in [-0.05, 0) is 37.1 Å². The van der Waals surface area contributed by atoms with Gasteiger partial charge in [0.2, 0.25) is 0 Å². The zero-order valence-electron chi connectivity index (χ0n) is 14.8. The quantitative estimate of drug-likeness (QED) is 0.473. The molecular formula is C21H27NO2. The fourth-order valence-corrected chi connectivity index (χ4v) is 2.04. The number of aromatic nitrogens is 1. The smallest absolute Gasteiger partial charge is 0.195 e. The minimum atomic E-state index is 0.167. The number of hydrogen-bond acceptors (Lipinski definition) is 3. The van der Waals surface area contributed by atoms with Gasteiger partial charge in [-0.1, -0.05) is 57.7 Å². The van der Waals surface area contributed by atoms with Gasteiger partial charge in [-0.15, -0.1) is 0 Å². The van der Waals surface area contributed by atoms with Gasteiger partial charge in [0, 0.05) is 12.0 Å². The fourth-order valence-electron chi connectivity index (χ4n) is 2.04. The van der Waals surface area contributed by atoms with E-state index >= 15 is 0 Å².